The number of rotatable bonds is 6. The molecule has 1 heterocycles. The summed E-state index contributed by atoms with van der Waals surface area (Å²) < 4.78 is 5.04. The summed E-state index contributed by atoms with van der Waals surface area (Å²) in [4.78, 5) is 24.3. The maximum absolute atomic E-state index is 11.9. The Balaban J connectivity index is 1.78. The van der Waals surface area contributed by atoms with Gasteiger partial charge in [0, 0.05) is 18.8 Å². The van der Waals surface area contributed by atoms with E-state index in [0.717, 1.165) is 0 Å². The molecule has 0 bridgehead atoms. The van der Waals surface area contributed by atoms with Crippen molar-refractivity contribution in [3.8, 4) is 5.75 Å². The first-order chi connectivity index (χ1) is 9.97. The van der Waals surface area contributed by atoms with Crippen LogP contribution in [0.1, 0.15) is 6.42 Å². The minimum absolute atomic E-state index is 0.144. The minimum Gasteiger partial charge on any atom is -0.495 e. The molecule has 1 fully saturated rings. The van der Waals surface area contributed by atoms with Gasteiger partial charge in [-0.25, -0.2) is 0 Å². The third-order valence-corrected chi connectivity index (χ3v) is 3.59. The van der Waals surface area contributed by atoms with E-state index in [2.05, 4.69) is 5.32 Å². The maximum Gasteiger partial charge on any atom is 0.303 e. The normalized spacial score (nSPS) is 15.3. The average molecular weight is 313 g/mol. The molecule has 0 spiro atoms. The van der Waals surface area contributed by atoms with Crippen molar-refractivity contribution in [1.82, 2.24) is 4.90 Å². The molecule has 2 N–H and O–H groups in total. The lowest BCUT2D eigenvalue weighted by Crippen LogP contribution is -2.50. The van der Waals surface area contributed by atoms with Gasteiger partial charge in [0.1, 0.15) is 5.75 Å². The Morgan fingerprint density at radius 2 is 2.19 bits per heavy atom. The number of benzene rings is 1. The van der Waals surface area contributed by atoms with Crippen molar-refractivity contribution in [1.29, 1.82) is 0 Å². The number of hydrogen-bond acceptors (Lipinski definition) is 4. The Bertz CT molecular complexity index is 544. The van der Waals surface area contributed by atoms with Gasteiger partial charge in [0.05, 0.1) is 25.1 Å². The van der Waals surface area contributed by atoms with Crippen LogP contribution < -0.4 is 10.1 Å². The van der Waals surface area contributed by atoms with Crippen molar-refractivity contribution in [2.24, 2.45) is 5.92 Å². The molecule has 0 radical (unpaired) electrons. The molecular formula is C14H17ClN2O4. The topological polar surface area (TPSA) is 78.9 Å². The molecule has 0 unspecified atom stereocenters. The van der Waals surface area contributed by atoms with Crippen LogP contribution in [0.4, 0.5) is 5.69 Å². The molecule has 7 heteroatoms. The predicted molar refractivity (Wildman–Crippen MR) is 78.8 cm³/mol. The van der Waals surface area contributed by atoms with Crippen LogP contribution in [0.5, 0.6) is 5.75 Å². The second-order valence-corrected chi connectivity index (χ2v) is 5.46. The average Bonchev–Trinajstić information content (AvgIpc) is 2.36. The van der Waals surface area contributed by atoms with E-state index in [4.69, 9.17) is 21.4 Å². The zero-order valence-electron chi connectivity index (χ0n) is 11.6. The standard InChI is InChI=1S/C14H17ClN2O4/c1-21-12-3-2-10(5-11(12)15)16-13(18)8-17-6-9(7-17)4-14(19)20/h2-3,5,9H,4,6-8H2,1H3,(H,16,18)(H,19,20). The summed E-state index contributed by atoms with van der Waals surface area (Å²) in [6.45, 7) is 1.53. The lowest BCUT2D eigenvalue weighted by molar-refractivity contribution is -0.139. The highest BCUT2D eigenvalue weighted by Gasteiger charge is 2.29. The van der Waals surface area contributed by atoms with E-state index in [1.54, 1.807) is 18.2 Å². The smallest absolute Gasteiger partial charge is 0.303 e. The van der Waals surface area contributed by atoms with Crippen LogP contribution in [0.2, 0.25) is 5.02 Å². The van der Waals surface area contributed by atoms with Gasteiger partial charge < -0.3 is 15.2 Å². The number of nitrogens with zero attached hydrogens (tertiary/aromatic N) is 1. The molecule has 2 rings (SSSR count). The summed E-state index contributed by atoms with van der Waals surface area (Å²) in [5.74, 6) is -0.248. The van der Waals surface area contributed by atoms with Gasteiger partial charge in [0.25, 0.3) is 0 Å². The molecule has 0 saturated carbocycles. The first-order valence-corrected chi connectivity index (χ1v) is 6.93. The van der Waals surface area contributed by atoms with Crippen molar-refractivity contribution in [2.75, 3.05) is 32.1 Å². The minimum atomic E-state index is -0.794. The molecule has 1 aromatic rings. The first kappa shape index (κ1) is 15.6. The monoisotopic (exact) mass is 312 g/mol. The number of hydrogen-bond donors (Lipinski definition) is 2. The number of methoxy groups -OCH3 is 1. The Morgan fingerprint density at radius 3 is 2.76 bits per heavy atom. The summed E-state index contributed by atoms with van der Waals surface area (Å²) in [7, 11) is 1.52. The van der Waals surface area contributed by atoms with E-state index in [1.807, 2.05) is 4.90 Å². The second-order valence-electron chi connectivity index (χ2n) is 5.06. The lowest BCUT2D eigenvalue weighted by Gasteiger charge is -2.37. The number of aliphatic carboxylic acids is 1. The quantitative estimate of drug-likeness (QED) is 0.836. The molecule has 0 aliphatic carbocycles. The van der Waals surface area contributed by atoms with Crippen LogP contribution in [0, 0.1) is 5.92 Å². The lowest BCUT2D eigenvalue weighted by atomic mass is 9.96. The number of carbonyl (C=O) groups is 2. The fourth-order valence-electron chi connectivity index (χ4n) is 2.33. The summed E-state index contributed by atoms with van der Waals surface area (Å²) >= 11 is 5.98. The Morgan fingerprint density at radius 1 is 1.48 bits per heavy atom. The molecule has 0 aromatic heterocycles. The van der Waals surface area contributed by atoms with E-state index in [9.17, 15) is 9.59 Å². The molecule has 6 nitrogen and oxygen atoms in total. The van der Waals surface area contributed by atoms with Crippen molar-refractivity contribution in [3.63, 3.8) is 0 Å². The number of carboxylic acids is 1. The third kappa shape index (κ3) is 4.34. The molecule has 1 aliphatic rings. The van der Waals surface area contributed by atoms with Crippen LogP contribution in [0.3, 0.4) is 0 Å². The number of nitrogens with one attached hydrogen (secondary N) is 1. The SMILES string of the molecule is COc1ccc(NC(=O)CN2CC(CC(=O)O)C2)cc1Cl. The molecule has 1 aliphatic heterocycles. The molecule has 21 heavy (non-hydrogen) atoms. The fraction of sp³-hybridized carbons (Fsp3) is 0.429. The van der Waals surface area contributed by atoms with Gasteiger partial charge in [-0.1, -0.05) is 11.6 Å². The highest BCUT2D eigenvalue weighted by Crippen LogP contribution is 2.27. The highest BCUT2D eigenvalue weighted by molar-refractivity contribution is 6.32. The molecule has 1 amide bonds. The van der Waals surface area contributed by atoms with E-state index < -0.39 is 5.97 Å². The fourth-order valence-corrected chi connectivity index (χ4v) is 2.59. The zero-order valence-corrected chi connectivity index (χ0v) is 12.4. The second kappa shape index (κ2) is 6.78. The number of likely N-dealkylation sites (tertiary alicyclic amines) is 1. The van der Waals surface area contributed by atoms with Crippen molar-refractivity contribution in [2.45, 2.75) is 6.42 Å². The largest absolute Gasteiger partial charge is 0.495 e. The molecule has 1 saturated heterocycles. The van der Waals surface area contributed by atoms with Gasteiger partial charge in [-0.3, -0.25) is 14.5 Å². The van der Waals surface area contributed by atoms with Gasteiger partial charge in [-0.15, -0.1) is 0 Å². The maximum atomic E-state index is 11.9. The number of carbonyl (C=O) groups excluding carboxylic acids is 1. The Hall–Kier alpha value is -1.79. The van der Waals surface area contributed by atoms with Gasteiger partial charge in [-0.2, -0.15) is 0 Å². The van der Waals surface area contributed by atoms with Crippen molar-refractivity contribution in [3.05, 3.63) is 23.2 Å². The zero-order chi connectivity index (χ0) is 15.4. The summed E-state index contributed by atoms with van der Waals surface area (Å²) in [5, 5.41) is 11.8. The molecule has 1 aromatic carbocycles. The number of anilines is 1. The number of carboxylic acid groups (broad SMARTS) is 1. The third-order valence-electron chi connectivity index (χ3n) is 3.30. The van der Waals surface area contributed by atoms with Crippen LogP contribution in [0.25, 0.3) is 0 Å². The van der Waals surface area contributed by atoms with Gasteiger partial charge in [0.15, 0.2) is 0 Å². The number of halogens is 1. The van der Waals surface area contributed by atoms with Crippen LogP contribution >= 0.6 is 11.6 Å². The van der Waals surface area contributed by atoms with Crippen LogP contribution in [-0.2, 0) is 9.59 Å². The van der Waals surface area contributed by atoms with E-state index in [-0.39, 0.29) is 24.8 Å². The highest BCUT2D eigenvalue weighted by atomic mass is 35.5. The van der Waals surface area contributed by atoms with E-state index in [1.165, 1.54) is 7.11 Å². The molecular weight excluding hydrogens is 296 g/mol. The van der Waals surface area contributed by atoms with Crippen molar-refractivity contribution < 1.29 is 19.4 Å². The summed E-state index contributed by atoms with van der Waals surface area (Å²) in [5.41, 5.74) is 0.605. The number of ether oxygens (including phenoxy) is 1. The van der Waals surface area contributed by atoms with E-state index >= 15 is 0 Å². The molecule has 0 atom stereocenters. The van der Waals surface area contributed by atoms with Gasteiger partial charge >= 0.3 is 5.97 Å². The van der Waals surface area contributed by atoms with Crippen LogP contribution in [0.15, 0.2) is 18.2 Å². The van der Waals surface area contributed by atoms with Crippen molar-refractivity contribution >= 4 is 29.2 Å². The Kier molecular flexibility index (Phi) is 5.03. The summed E-state index contributed by atoms with van der Waals surface area (Å²) in [6, 6.07) is 5.03. The first-order valence-electron chi connectivity index (χ1n) is 6.55. The van der Waals surface area contributed by atoms with Gasteiger partial charge in [-0.05, 0) is 24.1 Å². The number of amides is 1. The van der Waals surface area contributed by atoms with E-state index in [0.29, 0.717) is 29.5 Å². The predicted octanol–water partition coefficient (Wildman–Crippen LogP) is 1.69. The Labute approximate surface area is 127 Å². The van der Waals surface area contributed by atoms with Gasteiger partial charge in [0.2, 0.25) is 5.91 Å². The van der Waals surface area contributed by atoms with Crippen LogP contribution in [-0.4, -0.2) is 48.6 Å². The molecule has 114 valence electrons. The summed E-state index contributed by atoms with van der Waals surface area (Å²) in [6.07, 6.45) is 0.159.